The van der Waals surface area contributed by atoms with Crippen molar-refractivity contribution in [1.82, 2.24) is 14.8 Å². The van der Waals surface area contributed by atoms with E-state index in [-0.39, 0.29) is 17.4 Å². The molecule has 0 saturated carbocycles. The minimum absolute atomic E-state index is 0.0865. The Bertz CT molecular complexity index is 1310. The number of hydrogen-bond acceptors (Lipinski definition) is 7. The second kappa shape index (κ2) is 9.63. The summed E-state index contributed by atoms with van der Waals surface area (Å²) in [6.07, 6.45) is 0. The number of nitrogens with zero attached hydrogens (tertiary/aromatic N) is 4. The van der Waals surface area contributed by atoms with Crippen LogP contribution in [0.3, 0.4) is 0 Å². The van der Waals surface area contributed by atoms with Gasteiger partial charge in [-0.1, -0.05) is 79.3 Å². The van der Waals surface area contributed by atoms with Crippen LogP contribution in [-0.2, 0) is 4.79 Å². The summed E-state index contributed by atoms with van der Waals surface area (Å²) >= 11 is 1.44. The first-order valence-corrected chi connectivity index (χ1v) is 11.4. The van der Waals surface area contributed by atoms with E-state index in [1.807, 2.05) is 67.6 Å². The lowest BCUT2D eigenvalue weighted by molar-refractivity contribution is -0.119. The molecule has 0 aliphatic rings. The monoisotopic (exact) mass is 458 g/mol. The van der Waals surface area contributed by atoms with Gasteiger partial charge in [0, 0.05) is 11.1 Å². The second-order valence-corrected chi connectivity index (χ2v) is 8.39. The first-order valence-electron chi connectivity index (χ1n) is 10.4. The molecule has 3 N–H and O–H groups in total. The number of rotatable bonds is 7. The van der Waals surface area contributed by atoms with Crippen LogP contribution in [0.4, 0.5) is 11.8 Å². The number of nitriles is 1. The molecule has 4 rings (SSSR count). The maximum atomic E-state index is 13.2. The predicted molar refractivity (Wildman–Crippen MR) is 128 cm³/mol. The number of carbonyl (C=O) groups is 1. The number of furan rings is 1. The maximum absolute atomic E-state index is 13.2. The Balaban J connectivity index is 1.76. The van der Waals surface area contributed by atoms with Crippen LogP contribution in [0, 0.1) is 11.3 Å². The van der Waals surface area contributed by atoms with Crippen molar-refractivity contribution in [3.63, 3.8) is 0 Å². The van der Waals surface area contributed by atoms with Crippen molar-refractivity contribution >= 4 is 29.5 Å². The Morgan fingerprint density at radius 2 is 1.79 bits per heavy atom. The number of benzene rings is 2. The zero-order valence-electron chi connectivity index (χ0n) is 18.1. The molecule has 2 heterocycles. The minimum Gasteiger partial charge on any atom is -0.438 e. The van der Waals surface area contributed by atoms with Gasteiger partial charge in [-0.3, -0.25) is 14.7 Å². The van der Waals surface area contributed by atoms with Crippen LogP contribution in [0.25, 0.3) is 22.5 Å². The fourth-order valence-electron chi connectivity index (χ4n) is 3.51. The van der Waals surface area contributed by atoms with Gasteiger partial charge in [-0.05, 0) is 18.2 Å². The van der Waals surface area contributed by atoms with Crippen LogP contribution in [0.1, 0.15) is 25.5 Å². The molecule has 166 valence electrons. The summed E-state index contributed by atoms with van der Waals surface area (Å²) in [4.78, 5) is 13.2. The molecule has 1 amide bonds. The normalized spacial score (nSPS) is 11.7. The maximum Gasteiger partial charge on any atom is 0.249 e. The van der Waals surface area contributed by atoms with Crippen LogP contribution in [0.2, 0.25) is 0 Å². The summed E-state index contributed by atoms with van der Waals surface area (Å²) < 4.78 is 7.66. The number of nitrogens with one attached hydrogen (secondary N) is 1. The van der Waals surface area contributed by atoms with Crippen molar-refractivity contribution < 1.29 is 9.21 Å². The lowest BCUT2D eigenvalue weighted by Gasteiger charge is -2.15. The van der Waals surface area contributed by atoms with Crippen molar-refractivity contribution in [2.75, 3.05) is 16.8 Å². The Morgan fingerprint density at radius 3 is 2.39 bits per heavy atom. The molecular formula is C24H22N6O2S. The van der Waals surface area contributed by atoms with E-state index in [4.69, 9.17) is 10.2 Å². The summed E-state index contributed by atoms with van der Waals surface area (Å²) in [7, 11) is 0. The summed E-state index contributed by atoms with van der Waals surface area (Å²) in [5.41, 5.74) is 8.45. The molecule has 0 spiro atoms. The molecule has 2 aromatic carbocycles. The Kier molecular flexibility index (Phi) is 6.47. The van der Waals surface area contributed by atoms with Gasteiger partial charge in [-0.25, -0.2) is 0 Å². The van der Waals surface area contributed by atoms with Gasteiger partial charge in [0.05, 0.1) is 0 Å². The predicted octanol–water partition coefficient (Wildman–Crippen LogP) is 4.97. The molecule has 0 radical (unpaired) electrons. The van der Waals surface area contributed by atoms with Crippen molar-refractivity contribution in [1.29, 1.82) is 5.26 Å². The van der Waals surface area contributed by atoms with Gasteiger partial charge in [0.15, 0.2) is 5.16 Å². The van der Waals surface area contributed by atoms with Crippen LogP contribution in [0.5, 0.6) is 0 Å². The van der Waals surface area contributed by atoms with E-state index in [1.165, 1.54) is 11.8 Å². The highest BCUT2D eigenvalue weighted by Crippen LogP contribution is 2.41. The van der Waals surface area contributed by atoms with Gasteiger partial charge in [-0.15, -0.1) is 10.2 Å². The smallest absolute Gasteiger partial charge is 0.249 e. The molecular weight excluding hydrogens is 436 g/mol. The van der Waals surface area contributed by atoms with E-state index >= 15 is 0 Å². The Morgan fingerprint density at radius 1 is 1.15 bits per heavy atom. The molecule has 8 nitrogen and oxygen atoms in total. The van der Waals surface area contributed by atoms with Crippen LogP contribution in [-0.4, -0.2) is 26.4 Å². The molecule has 33 heavy (non-hydrogen) atoms. The number of thioether (sulfide) groups is 1. The quantitative estimate of drug-likeness (QED) is 0.375. The van der Waals surface area contributed by atoms with Crippen molar-refractivity contribution in [3.05, 3.63) is 66.2 Å². The van der Waals surface area contributed by atoms with E-state index in [9.17, 15) is 10.1 Å². The van der Waals surface area contributed by atoms with Gasteiger partial charge in [-0.2, -0.15) is 5.26 Å². The van der Waals surface area contributed by atoms with E-state index in [0.29, 0.717) is 16.5 Å². The topological polar surface area (TPSA) is 123 Å². The average Bonchev–Trinajstić information content (AvgIpc) is 3.39. The van der Waals surface area contributed by atoms with Gasteiger partial charge in [0.25, 0.3) is 0 Å². The molecule has 0 fully saturated rings. The van der Waals surface area contributed by atoms with Gasteiger partial charge >= 0.3 is 0 Å². The van der Waals surface area contributed by atoms with Gasteiger partial charge in [0.1, 0.15) is 23.4 Å². The molecule has 0 saturated heterocycles. The lowest BCUT2D eigenvalue weighted by Crippen LogP contribution is -2.25. The number of anilines is 2. The summed E-state index contributed by atoms with van der Waals surface area (Å²) in [6.45, 7) is 3.67. The van der Waals surface area contributed by atoms with Crippen LogP contribution >= 0.6 is 11.8 Å². The minimum atomic E-state index is -0.717. The molecule has 9 heteroatoms. The first-order chi connectivity index (χ1) is 16.0. The van der Waals surface area contributed by atoms with E-state index in [1.54, 1.807) is 11.5 Å². The summed E-state index contributed by atoms with van der Waals surface area (Å²) in [6, 6.07) is 20.4. The van der Waals surface area contributed by atoms with E-state index < -0.39 is 11.9 Å². The Labute approximate surface area is 195 Å². The summed E-state index contributed by atoms with van der Waals surface area (Å²) in [5.74, 6) is 1.09. The van der Waals surface area contributed by atoms with Crippen molar-refractivity contribution in [3.8, 4) is 28.5 Å². The highest BCUT2D eigenvalue weighted by atomic mass is 32.2. The standard InChI is InChI=1S/C24H22N6O2S/c1-3-33-24-29-28-23(26)30(24)15(2)21(31)27-22-18(14-25)19(16-10-6-4-7-11-16)20(32-22)17-12-8-5-9-13-17/h4-13,15H,3H2,1-2H3,(H2,26,28)(H,27,31). The SMILES string of the molecule is CCSc1nnc(N)n1C(C)C(=O)Nc1oc(-c2ccccc2)c(-c2ccccc2)c1C#N. The lowest BCUT2D eigenvalue weighted by atomic mass is 9.98. The van der Waals surface area contributed by atoms with E-state index in [0.717, 1.165) is 16.9 Å². The molecule has 0 aliphatic heterocycles. The fourth-order valence-corrected chi connectivity index (χ4v) is 4.26. The van der Waals surface area contributed by atoms with E-state index in [2.05, 4.69) is 21.6 Å². The highest BCUT2D eigenvalue weighted by Gasteiger charge is 2.27. The molecule has 1 atom stereocenters. The molecule has 1 unspecified atom stereocenters. The fraction of sp³-hybridized carbons (Fsp3) is 0.167. The highest BCUT2D eigenvalue weighted by molar-refractivity contribution is 7.99. The van der Waals surface area contributed by atoms with Gasteiger partial charge < -0.3 is 10.2 Å². The number of carbonyl (C=O) groups excluding carboxylic acids is 1. The molecule has 0 aliphatic carbocycles. The molecule has 2 aromatic heterocycles. The third-order valence-electron chi connectivity index (χ3n) is 5.09. The van der Waals surface area contributed by atoms with Crippen molar-refractivity contribution in [2.24, 2.45) is 0 Å². The molecule has 0 bridgehead atoms. The van der Waals surface area contributed by atoms with Crippen LogP contribution in [0.15, 0.2) is 70.2 Å². The Hall–Kier alpha value is -4.03. The summed E-state index contributed by atoms with van der Waals surface area (Å²) in [5, 5.41) is 21.3. The number of amides is 1. The largest absolute Gasteiger partial charge is 0.438 e. The second-order valence-electron chi connectivity index (χ2n) is 7.16. The average molecular weight is 459 g/mol. The zero-order chi connectivity index (χ0) is 23.4. The zero-order valence-corrected chi connectivity index (χ0v) is 19.0. The third kappa shape index (κ3) is 4.33. The van der Waals surface area contributed by atoms with Gasteiger partial charge in [0.2, 0.25) is 17.7 Å². The van der Waals surface area contributed by atoms with Crippen molar-refractivity contribution in [2.45, 2.75) is 25.0 Å². The number of aromatic nitrogens is 3. The number of nitrogen functional groups attached to an aromatic ring is 1. The third-order valence-corrected chi connectivity index (χ3v) is 5.91. The van der Waals surface area contributed by atoms with Crippen LogP contribution < -0.4 is 11.1 Å². The number of nitrogens with two attached hydrogens (primary N) is 1. The molecule has 4 aromatic rings. The first kappa shape index (κ1) is 22.2. The number of hydrogen-bond donors (Lipinski definition) is 2.